The lowest BCUT2D eigenvalue weighted by Gasteiger charge is -2.22. The van der Waals surface area contributed by atoms with Crippen molar-refractivity contribution in [2.24, 2.45) is 0 Å². The Bertz CT molecular complexity index is 620. The minimum absolute atomic E-state index is 0.0267. The maximum Gasteiger partial charge on any atom is 0.270 e. The topological polar surface area (TPSA) is 82.4 Å². The number of aliphatic hydroxyl groups is 1. The highest BCUT2D eigenvalue weighted by atomic mass is 16.3. The van der Waals surface area contributed by atoms with Crippen molar-refractivity contribution in [3.63, 3.8) is 0 Å². The van der Waals surface area contributed by atoms with E-state index in [1.807, 2.05) is 18.2 Å². The van der Waals surface area contributed by atoms with E-state index in [1.54, 1.807) is 11.0 Å². The molecule has 3 rings (SSSR count). The highest BCUT2D eigenvalue weighted by Crippen LogP contribution is 2.23. The van der Waals surface area contributed by atoms with Gasteiger partial charge in [0, 0.05) is 23.1 Å². The zero-order valence-corrected chi connectivity index (χ0v) is 10.6. The second-order valence-corrected chi connectivity index (χ2v) is 5.01. The number of amides is 1. The van der Waals surface area contributed by atoms with Crippen molar-refractivity contribution in [2.45, 2.75) is 18.9 Å². The minimum Gasteiger partial charge on any atom is -0.399 e. The Labute approximate surface area is 111 Å². The quantitative estimate of drug-likeness (QED) is 0.712. The molecule has 0 aliphatic carbocycles. The lowest BCUT2D eigenvalue weighted by Crippen LogP contribution is -2.37. The summed E-state index contributed by atoms with van der Waals surface area (Å²) >= 11 is 0. The lowest BCUT2D eigenvalue weighted by molar-refractivity contribution is 0.0672. The molecule has 1 aliphatic heterocycles. The van der Waals surface area contributed by atoms with E-state index in [1.165, 1.54) is 0 Å². The number of H-pyrrole nitrogens is 1. The summed E-state index contributed by atoms with van der Waals surface area (Å²) in [6.07, 6.45) is 1.82. The van der Waals surface area contributed by atoms with Crippen LogP contribution in [-0.2, 0) is 0 Å². The summed E-state index contributed by atoms with van der Waals surface area (Å²) in [6.45, 7) is 0.737. The Morgan fingerprint density at radius 3 is 3.11 bits per heavy atom. The van der Waals surface area contributed by atoms with Crippen LogP contribution in [0.5, 0.6) is 0 Å². The molecule has 5 heteroatoms. The number of aliphatic hydroxyl groups excluding tert-OH is 1. The molecule has 2 aromatic rings. The SMILES string of the molecule is Nc1ccc2[nH]c(C(=O)N3CCC[C@H]3CO)cc2c1. The van der Waals surface area contributed by atoms with Crippen LogP contribution in [0.2, 0.25) is 0 Å². The van der Waals surface area contributed by atoms with Crippen molar-refractivity contribution in [1.82, 2.24) is 9.88 Å². The van der Waals surface area contributed by atoms with Crippen LogP contribution < -0.4 is 5.73 Å². The van der Waals surface area contributed by atoms with E-state index < -0.39 is 0 Å². The first-order chi connectivity index (χ1) is 9.19. The number of nitrogens with two attached hydrogens (primary N) is 1. The van der Waals surface area contributed by atoms with Gasteiger partial charge in [0.25, 0.3) is 5.91 Å². The second-order valence-electron chi connectivity index (χ2n) is 5.01. The molecule has 5 nitrogen and oxygen atoms in total. The molecule has 1 atom stereocenters. The predicted octanol–water partition coefficient (Wildman–Crippen LogP) is 1.35. The molecule has 1 aromatic heterocycles. The number of nitrogens with zero attached hydrogens (tertiary/aromatic N) is 1. The molecule has 0 radical (unpaired) electrons. The normalized spacial score (nSPS) is 19.2. The first kappa shape index (κ1) is 12.0. The van der Waals surface area contributed by atoms with E-state index >= 15 is 0 Å². The molecule has 0 spiro atoms. The molecule has 4 N–H and O–H groups in total. The van der Waals surface area contributed by atoms with Gasteiger partial charge in [-0.3, -0.25) is 4.79 Å². The van der Waals surface area contributed by atoms with Crippen molar-refractivity contribution in [3.05, 3.63) is 30.0 Å². The number of fused-ring (bicyclic) bond motifs is 1. The number of likely N-dealkylation sites (tertiary alicyclic amines) is 1. The maximum absolute atomic E-state index is 12.4. The summed E-state index contributed by atoms with van der Waals surface area (Å²) in [5, 5.41) is 10.2. The van der Waals surface area contributed by atoms with Gasteiger partial charge in [-0.25, -0.2) is 0 Å². The van der Waals surface area contributed by atoms with E-state index in [0.29, 0.717) is 17.9 Å². The number of aromatic nitrogens is 1. The first-order valence-corrected chi connectivity index (χ1v) is 6.49. The van der Waals surface area contributed by atoms with E-state index in [4.69, 9.17) is 5.73 Å². The molecule has 1 aliphatic rings. The predicted molar refractivity (Wildman–Crippen MR) is 73.9 cm³/mol. The Balaban J connectivity index is 1.93. The van der Waals surface area contributed by atoms with Crippen LogP contribution in [-0.4, -0.2) is 40.1 Å². The Morgan fingerprint density at radius 1 is 1.47 bits per heavy atom. The largest absolute Gasteiger partial charge is 0.399 e. The third kappa shape index (κ3) is 2.06. The van der Waals surface area contributed by atoms with Gasteiger partial charge in [0.1, 0.15) is 5.69 Å². The van der Waals surface area contributed by atoms with Crippen LogP contribution in [0.3, 0.4) is 0 Å². The van der Waals surface area contributed by atoms with Crippen molar-refractivity contribution in [1.29, 1.82) is 0 Å². The Kier molecular flexibility index (Phi) is 2.91. The van der Waals surface area contributed by atoms with Crippen LogP contribution in [0.25, 0.3) is 10.9 Å². The van der Waals surface area contributed by atoms with Crippen LogP contribution in [0.1, 0.15) is 23.3 Å². The monoisotopic (exact) mass is 259 g/mol. The highest BCUT2D eigenvalue weighted by Gasteiger charge is 2.29. The van der Waals surface area contributed by atoms with Gasteiger partial charge in [0.15, 0.2) is 0 Å². The zero-order valence-electron chi connectivity index (χ0n) is 10.6. The van der Waals surface area contributed by atoms with Gasteiger partial charge in [0.2, 0.25) is 0 Å². The Morgan fingerprint density at radius 2 is 2.32 bits per heavy atom. The number of benzene rings is 1. The third-order valence-electron chi connectivity index (χ3n) is 3.72. The fourth-order valence-electron chi connectivity index (χ4n) is 2.71. The number of carbonyl (C=O) groups is 1. The summed E-state index contributed by atoms with van der Waals surface area (Å²) in [5.41, 5.74) is 7.87. The molecule has 1 fully saturated rings. The first-order valence-electron chi connectivity index (χ1n) is 6.49. The minimum atomic E-state index is -0.0519. The van der Waals surface area contributed by atoms with Crippen molar-refractivity contribution in [3.8, 4) is 0 Å². The Hall–Kier alpha value is -2.01. The molecule has 1 saturated heterocycles. The molecule has 2 heterocycles. The number of hydrogen-bond donors (Lipinski definition) is 3. The van der Waals surface area contributed by atoms with Crippen LogP contribution >= 0.6 is 0 Å². The fourth-order valence-corrected chi connectivity index (χ4v) is 2.71. The van der Waals surface area contributed by atoms with Crippen LogP contribution in [0.15, 0.2) is 24.3 Å². The van der Waals surface area contributed by atoms with Crippen LogP contribution in [0.4, 0.5) is 5.69 Å². The molecule has 0 saturated carbocycles. The fraction of sp³-hybridized carbons (Fsp3) is 0.357. The zero-order chi connectivity index (χ0) is 13.4. The van der Waals surface area contributed by atoms with Gasteiger partial charge in [0.05, 0.1) is 12.6 Å². The summed E-state index contributed by atoms with van der Waals surface area (Å²) in [6, 6.07) is 7.29. The van der Waals surface area contributed by atoms with Gasteiger partial charge in [-0.1, -0.05) is 0 Å². The van der Waals surface area contributed by atoms with E-state index in [2.05, 4.69) is 4.98 Å². The van der Waals surface area contributed by atoms with Crippen molar-refractivity contribution >= 4 is 22.5 Å². The van der Waals surface area contributed by atoms with Gasteiger partial charge in [-0.05, 0) is 37.1 Å². The van der Waals surface area contributed by atoms with E-state index in [-0.39, 0.29) is 18.6 Å². The number of anilines is 1. The summed E-state index contributed by atoms with van der Waals surface area (Å²) in [5.74, 6) is -0.0497. The van der Waals surface area contributed by atoms with Crippen LogP contribution in [0, 0.1) is 0 Å². The third-order valence-corrected chi connectivity index (χ3v) is 3.72. The number of nitrogens with one attached hydrogen (secondary N) is 1. The van der Waals surface area contributed by atoms with Crippen molar-refractivity contribution in [2.75, 3.05) is 18.9 Å². The maximum atomic E-state index is 12.4. The summed E-state index contributed by atoms with van der Waals surface area (Å²) < 4.78 is 0. The van der Waals surface area contributed by atoms with Gasteiger partial charge in [-0.2, -0.15) is 0 Å². The van der Waals surface area contributed by atoms with E-state index in [0.717, 1.165) is 23.7 Å². The molecule has 1 amide bonds. The number of carbonyl (C=O) groups excluding carboxylic acids is 1. The van der Waals surface area contributed by atoms with Gasteiger partial charge < -0.3 is 20.7 Å². The smallest absolute Gasteiger partial charge is 0.270 e. The molecular formula is C14H17N3O2. The highest BCUT2D eigenvalue weighted by molar-refractivity contribution is 5.98. The summed E-state index contributed by atoms with van der Waals surface area (Å²) in [7, 11) is 0. The van der Waals surface area contributed by atoms with Crippen molar-refractivity contribution < 1.29 is 9.90 Å². The average molecular weight is 259 g/mol. The summed E-state index contributed by atoms with van der Waals surface area (Å²) in [4.78, 5) is 17.3. The molecule has 1 aromatic carbocycles. The van der Waals surface area contributed by atoms with E-state index in [9.17, 15) is 9.90 Å². The standard InChI is InChI=1S/C14H17N3O2/c15-10-3-4-12-9(6-10)7-13(16-12)14(19)17-5-1-2-11(17)8-18/h3-4,6-7,11,16,18H,1-2,5,8,15H2/t11-/m0/s1. The number of rotatable bonds is 2. The number of nitrogen functional groups attached to an aromatic ring is 1. The molecule has 0 unspecified atom stereocenters. The molecule has 19 heavy (non-hydrogen) atoms. The molecular weight excluding hydrogens is 242 g/mol. The molecule has 0 bridgehead atoms. The second kappa shape index (κ2) is 4.59. The van der Waals surface area contributed by atoms with Gasteiger partial charge >= 0.3 is 0 Å². The van der Waals surface area contributed by atoms with Gasteiger partial charge in [-0.15, -0.1) is 0 Å². The number of hydrogen-bond acceptors (Lipinski definition) is 3. The number of aromatic amines is 1. The lowest BCUT2D eigenvalue weighted by atomic mass is 10.2. The molecule has 100 valence electrons. The average Bonchev–Trinajstić information content (AvgIpc) is 3.03.